The van der Waals surface area contributed by atoms with E-state index in [2.05, 4.69) is 20.8 Å². The first-order chi connectivity index (χ1) is 13.7. The van der Waals surface area contributed by atoms with E-state index in [-0.39, 0.29) is 12.5 Å². The second kappa shape index (κ2) is 7.87. The number of nitrogens with one attached hydrogen (secondary N) is 1. The van der Waals surface area contributed by atoms with Gasteiger partial charge in [0.1, 0.15) is 5.75 Å². The molecule has 0 saturated carbocycles. The molecule has 3 aromatic carbocycles. The normalized spacial score (nSPS) is 10.8. The molecule has 140 valence electrons. The molecule has 0 atom stereocenters. The van der Waals surface area contributed by atoms with Crippen LogP contribution in [0.4, 0.5) is 0 Å². The first-order valence-electron chi connectivity index (χ1n) is 8.89. The van der Waals surface area contributed by atoms with Crippen LogP contribution in [-0.4, -0.2) is 33.2 Å². The SMILES string of the molecule is COc1ccc(-n2nnnc2CNC(=O)Cc2cccc3ccccc23)cc1. The van der Waals surface area contributed by atoms with Crippen molar-refractivity contribution in [3.05, 3.63) is 78.1 Å². The highest BCUT2D eigenvalue weighted by molar-refractivity contribution is 5.90. The van der Waals surface area contributed by atoms with Gasteiger partial charge in [-0.25, -0.2) is 0 Å². The third-order valence-corrected chi connectivity index (χ3v) is 4.53. The van der Waals surface area contributed by atoms with Gasteiger partial charge in [0.05, 0.1) is 25.8 Å². The highest BCUT2D eigenvalue weighted by atomic mass is 16.5. The number of fused-ring (bicyclic) bond motifs is 1. The van der Waals surface area contributed by atoms with Gasteiger partial charge in [0, 0.05) is 0 Å². The molecule has 1 heterocycles. The van der Waals surface area contributed by atoms with Crippen molar-refractivity contribution in [2.75, 3.05) is 7.11 Å². The third-order valence-electron chi connectivity index (χ3n) is 4.53. The van der Waals surface area contributed by atoms with Gasteiger partial charge in [-0.1, -0.05) is 42.5 Å². The summed E-state index contributed by atoms with van der Waals surface area (Å²) in [6, 6.07) is 21.4. The minimum atomic E-state index is -0.0827. The number of aromatic nitrogens is 4. The highest BCUT2D eigenvalue weighted by Gasteiger charge is 2.11. The standard InChI is InChI=1S/C21H19N5O2/c1-28-18-11-9-17(10-12-18)26-20(23-24-25-26)14-22-21(27)13-16-7-4-6-15-5-2-3-8-19(15)16/h2-12H,13-14H2,1H3,(H,22,27). The average molecular weight is 373 g/mol. The minimum Gasteiger partial charge on any atom is -0.497 e. The smallest absolute Gasteiger partial charge is 0.224 e. The lowest BCUT2D eigenvalue weighted by Crippen LogP contribution is -2.26. The first kappa shape index (κ1) is 17.7. The molecule has 0 aliphatic rings. The number of ether oxygens (including phenoxy) is 1. The summed E-state index contributed by atoms with van der Waals surface area (Å²) >= 11 is 0. The zero-order valence-corrected chi connectivity index (χ0v) is 15.4. The predicted octanol–water partition coefficient (Wildman–Crippen LogP) is 2.68. The summed E-state index contributed by atoms with van der Waals surface area (Å²) in [5, 5.41) is 16.9. The van der Waals surface area contributed by atoms with Crippen LogP contribution in [0.25, 0.3) is 16.5 Å². The second-order valence-corrected chi connectivity index (χ2v) is 6.30. The van der Waals surface area contributed by atoms with Crippen LogP contribution in [0.1, 0.15) is 11.4 Å². The van der Waals surface area contributed by atoms with Crippen molar-refractivity contribution in [2.24, 2.45) is 0 Å². The Bertz CT molecular complexity index is 1100. The quantitative estimate of drug-likeness (QED) is 0.562. The van der Waals surface area contributed by atoms with E-state index in [1.807, 2.05) is 66.7 Å². The zero-order valence-electron chi connectivity index (χ0n) is 15.4. The van der Waals surface area contributed by atoms with Crippen molar-refractivity contribution in [1.29, 1.82) is 0 Å². The van der Waals surface area contributed by atoms with E-state index >= 15 is 0 Å². The zero-order chi connectivity index (χ0) is 19.3. The summed E-state index contributed by atoms with van der Waals surface area (Å²) in [4.78, 5) is 12.5. The Morgan fingerprint density at radius 2 is 1.82 bits per heavy atom. The number of benzene rings is 3. The van der Waals surface area contributed by atoms with Crippen molar-refractivity contribution in [1.82, 2.24) is 25.5 Å². The van der Waals surface area contributed by atoms with E-state index in [4.69, 9.17) is 4.74 Å². The van der Waals surface area contributed by atoms with Crippen molar-refractivity contribution in [3.8, 4) is 11.4 Å². The van der Waals surface area contributed by atoms with Crippen LogP contribution in [0.5, 0.6) is 5.75 Å². The van der Waals surface area contributed by atoms with Crippen LogP contribution in [0.15, 0.2) is 66.7 Å². The molecule has 7 heteroatoms. The Morgan fingerprint density at radius 1 is 1.04 bits per heavy atom. The predicted molar refractivity (Wildman–Crippen MR) is 105 cm³/mol. The molecule has 1 aromatic heterocycles. The summed E-state index contributed by atoms with van der Waals surface area (Å²) in [6.07, 6.45) is 0.297. The summed E-state index contributed by atoms with van der Waals surface area (Å²) in [7, 11) is 1.61. The maximum Gasteiger partial charge on any atom is 0.224 e. The van der Waals surface area contributed by atoms with Crippen LogP contribution >= 0.6 is 0 Å². The molecule has 0 fully saturated rings. The van der Waals surface area contributed by atoms with E-state index in [0.717, 1.165) is 27.8 Å². The average Bonchev–Trinajstić information content (AvgIpc) is 3.21. The van der Waals surface area contributed by atoms with Gasteiger partial charge in [-0.15, -0.1) is 5.10 Å². The van der Waals surface area contributed by atoms with Gasteiger partial charge in [-0.3, -0.25) is 4.79 Å². The van der Waals surface area contributed by atoms with Gasteiger partial charge in [0.2, 0.25) is 5.91 Å². The molecule has 0 unspecified atom stereocenters. The molecule has 0 radical (unpaired) electrons. The summed E-state index contributed by atoms with van der Waals surface area (Å²) < 4.78 is 6.76. The van der Waals surface area contributed by atoms with Gasteiger partial charge >= 0.3 is 0 Å². The third kappa shape index (κ3) is 3.68. The van der Waals surface area contributed by atoms with Gasteiger partial charge < -0.3 is 10.1 Å². The summed E-state index contributed by atoms with van der Waals surface area (Å²) in [5.41, 5.74) is 1.79. The van der Waals surface area contributed by atoms with E-state index < -0.39 is 0 Å². The Morgan fingerprint density at radius 3 is 2.64 bits per heavy atom. The fraction of sp³-hybridized carbons (Fsp3) is 0.143. The van der Waals surface area contributed by atoms with Gasteiger partial charge in [-0.2, -0.15) is 4.68 Å². The maximum atomic E-state index is 12.5. The molecule has 1 N–H and O–H groups in total. The monoisotopic (exact) mass is 373 g/mol. The highest BCUT2D eigenvalue weighted by Crippen LogP contribution is 2.19. The minimum absolute atomic E-state index is 0.0827. The van der Waals surface area contributed by atoms with Crippen LogP contribution in [-0.2, 0) is 17.8 Å². The van der Waals surface area contributed by atoms with Gasteiger partial charge in [-0.05, 0) is 51.0 Å². The van der Waals surface area contributed by atoms with Crippen molar-refractivity contribution >= 4 is 16.7 Å². The van der Waals surface area contributed by atoms with Crippen LogP contribution in [0.2, 0.25) is 0 Å². The molecule has 0 spiro atoms. The number of amides is 1. The topological polar surface area (TPSA) is 81.9 Å². The van der Waals surface area contributed by atoms with E-state index in [1.165, 1.54) is 0 Å². The molecule has 4 rings (SSSR count). The molecule has 4 aromatic rings. The summed E-state index contributed by atoms with van der Waals surface area (Å²) in [6.45, 7) is 0.239. The molecule has 0 saturated heterocycles. The number of hydrogen-bond acceptors (Lipinski definition) is 5. The lowest BCUT2D eigenvalue weighted by atomic mass is 10.0. The first-order valence-corrected chi connectivity index (χ1v) is 8.89. The van der Waals surface area contributed by atoms with Crippen LogP contribution in [0.3, 0.4) is 0 Å². The van der Waals surface area contributed by atoms with Crippen LogP contribution in [0, 0.1) is 0 Å². The molecular weight excluding hydrogens is 354 g/mol. The van der Waals surface area contributed by atoms with E-state index in [1.54, 1.807) is 11.8 Å². The number of rotatable bonds is 6. The van der Waals surface area contributed by atoms with Gasteiger partial charge in [0.25, 0.3) is 0 Å². The van der Waals surface area contributed by atoms with E-state index in [9.17, 15) is 4.79 Å². The number of hydrogen-bond donors (Lipinski definition) is 1. The Labute approximate surface area is 161 Å². The van der Waals surface area contributed by atoms with Crippen LogP contribution < -0.4 is 10.1 Å². The fourth-order valence-corrected chi connectivity index (χ4v) is 3.10. The molecule has 0 bridgehead atoms. The molecule has 0 aliphatic carbocycles. The Balaban J connectivity index is 1.45. The number of tetrazole rings is 1. The molecule has 28 heavy (non-hydrogen) atoms. The van der Waals surface area contributed by atoms with Crippen molar-refractivity contribution < 1.29 is 9.53 Å². The van der Waals surface area contributed by atoms with E-state index in [0.29, 0.717) is 12.2 Å². The lowest BCUT2D eigenvalue weighted by Gasteiger charge is -2.09. The second-order valence-electron chi connectivity index (χ2n) is 6.30. The van der Waals surface area contributed by atoms with Crippen molar-refractivity contribution in [3.63, 3.8) is 0 Å². The number of carbonyl (C=O) groups is 1. The number of methoxy groups -OCH3 is 1. The molecule has 0 aliphatic heterocycles. The number of nitrogens with zero attached hydrogens (tertiary/aromatic N) is 4. The molecular formula is C21H19N5O2. The Hall–Kier alpha value is -3.74. The largest absolute Gasteiger partial charge is 0.497 e. The van der Waals surface area contributed by atoms with Gasteiger partial charge in [0.15, 0.2) is 5.82 Å². The van der Waals surface area contributed by atoms with Crippen molar-refractivity contribution in [2.45, 2.75) is 13.0 Å². The Kier molecular flexibility index (Phi) is 4.97. The number of carbonyl (C=O) groups excluding carboxylic acids is 1. The maximum absolute atomic E-state index is 12.5. The lowest BCUT2D eigenvalue weighted by molar-refractivity contribution is -0.120. The molecule has 7 nitrogen and oxygen atoms in total. The molecule has 1 amide bonds. The summed E-state index contributed by atoms with van der Waals surface area (Å²) in [5.74, 6) is 1.22. The fourth-order valence-electron chi connectivity index (χ4n) is 3.10.